The van der Waals surface area contributed by atoms with Crippen molar-refractivity contribution in [2.24, 2.45) is 5.73 Å². The number of hydrogen-bond donors (Lipinski definition) is 2. The number of rotatable bonds is 4. The molecule has 0 spiro atoms. The number of pyridine rings is 1. The van der Waals surface area contributed by atoms with Gasteiger partial charge in [0, 0.05) is 18.4 Å². The predicted octanol–water partition coefficient (Wildman–Crippen LogP) is 2.29. The van der Waals surface area contributed by atoms with Crippen molar-refractivity contribution in [3.05, 3.63) is 48.2 Å². The summed E-state index contributed by atoms with van der Waals surface area (Å²) in [5, 5.41) is 3.20. The number of methoxy groups -OCH3 is 1. The van der Waals surface area contributed by atoms with E-state index in [1.54, 1.807) is 13.3 Å². The van der Waals surface area contributed by atoms with Gasteiger partial charge in [-0.2, -0.15) is 0 Å². The molecule has 0 aliphatic carbocycles. The van der Waals surface area contributed by atoms with Crippen LogP contribution in [0.15, 0.2) is 42.6 Å². The summed E-state index contributed by atoms with van der Waals surface area (Å²) in [5.74, 6) is 1.63. The molecule has 0 unspecified atom stereocenters. The normalized spacial score (nSPS) is 10.0. The number of nitrogens with one attached hydrogen (secondary N) is 1. The fourth-order valence-electron chi connectivity index (χ4n) is 1.44. The van der Waals surface area contributed by atoms with Gasteiger partial charge in [-0.05, 0) is 35.9 Å². The topological polar surface area (TPSA) is 60.2 Å². The molecule has 0 amide bonds. The van der Waals surface area contributed by atoms with Crippen LogP contribution in [0.1, 0.15) is 5.56 Å². The maximum Gasteiger partial charge on any atom is 0.130 e. The second-order valence-corrected chi connectivity index (χ2v) is 3.61. The van der Waals surface area contributed by atoms with Crippen LogP contribution in [0.2, 0.25) is 0 Å². The first kappa shape index (κ1) is 11.4. The number of nitrogens with two attached hydrogens (primary N) is 1. The van der Waals surface area contributed by atoms with Crippen LogP contribution in [-0.2, 0) is 6.54 Å². The Balaban J connectivity index is 2.08. The molecule has 0 fully saturated rings. The van der Waals surface area contributed by atoms with E-state index in [1.165, 1.54) is 0 Å². The van der Waals surface area contributed by atoms with Gasteiger partial charge in [0.25, 0.3) is 0 Å². The molecule has 4 heteroatoms. The Labute approximate surface area is 100 Å². The summed E-state index contributed by atoms with van der Waals surface area (Å²) in [6.07, 6.45) is 1.77. The standard InChI is InChI=1S/C13H15N3O/c1-17-12-5-3-11(4-6-12)16-13-7-2-10(8-14)9-15-13/h2-7,9H,8,14H2,1H3,(H,15,16). The van der Waals surface area contributed by atoms with E-state index in [1.807, 2.05) is 36.4 Å². The van der Waals surface area contributed by atoms with Crippen molar-refractivity contribution in [2.45, 2.75) is 6.54 Å². The summed E-state index contributed by atoms with van der Waals surface area (Å²) in [7, 11) is 1.65. The number of ether oxygens (including phenoxy) is 1. The number of nitrogens with zero attached hydrogens (tertiary/aromatic N) is 1. The van der Waals surface area contributed by atoms with Crippen molar-refractivity contribution in [3.8, 4) is 5.75 Å². The fraction of sp³-hybridized carbons (Fsp3) is 0.154. The van der Waals surface area contributed by atoms with E-state index >= 15 is 0 Å². The largest absolute Gasteiger partial charge is 0.497 e. The monoisotopic (exact) mass is 229 g/mol. The molecule has 0 bridgehead atoms. The summed E-state index contributed by atoms with van der Waals surface area (Å²) >= 11 is 0. The quantitative estimate of drug-likeness (QED) is 0.844. The molecule has 3 N–H and O–H groups in total. The molecule has 4 nitrogen and oxygen atoms in total. The summed E-state index contributed by atoms with van der Waals surface area (Å²) in [4.78, 5) is 4.27. The molecule has 1 aromatic heterocycles. The number of hydrogen-bond acceptors (Lipinski definition) is 4. The third-order valence-corrected chi connectivity index (χ3v) is 2.42. The van der Waals surface area contributed by atoms with E-state index in [4.69, 9.17) is 10.5 Å². The molecular weight excluding hydrogens is 214 g/mol. The van der Waals surface area contributed by atoms with Gasteiger partial charge in [-0.3, -0.25) is 0 Å². The third-order valence-electron chi connectivity index (χ3n) is 2.42. The summed E-state index contributed by atoms with van der Waals surface area (Å²) < 4.78 is 5.09. The Hall–Kier alpha value is -2.07. The number of aromatic nitrogens is 1. The molecular formula is C13H15N3O. The second kappa shape index (κ2) is 5.32. The first-order valence-corrected chi connectivity index (χ1v) is 5.38. The lowest BCUT2D eigenvalue weighted by atomic mass is 10.2. The van der Waals surface area contributed by atoms with Crippen molar-refractivity contribution in [1.29, 1.82) is 0 Å². The van der Waals surface area contributed by atoms with Gasteiger partial charge < -0.3 is 15.8 Å². The summed E-state index contributed by atoms with van der Waals surface area (Å²) in [6, 6.07) is 11.5. The maximum absolute atomic E-state index is 5.51. The summed E-state index contributed by atoms with van der Waals surface area (Å²) in [6.45, 7) is 0.510. The van der Waals surface area contributed by atoms with Crippen molar-refractivity contribution in [1.82, 2.24) is 4.98 Å². The van der Waals surface area contributed by atoms with Crippen LogP contribution in [0.4, 0.5) is 11.5 Å². The molecule has 0 saturated carbocycles. The molecule has 88 valence electrons. The minimum absolute atomic E-state index is 0.510. The van der Waals surface area contributed by atoms with E-state index in [-0.39, 0.29) is 0 Å². The SMILES string of the molecule is COc1ccc(Nc2ccc(CN)cn2)cc1. The Morgan fingerprint density at radius 1 is 1.18 bits per heavy atom. The zero-order chi connectivity index (χ0) is 12.1. The minimum atomic E-state index is 0.510. The zero-order valence-electron chi connectivity index (χ0n) is 9.68. The summed E-state index contributed by atoms with van der Waals surface area (Å²) in [5.41, 5.74) is 7.50. The molecule has 0 saturated heterocycles. The highest BCUT2D eigenvalue weighted by molar-refractivity contribution is 5.57. The molecule has 1 heterocycles. The predicted molar refractivity (Wildman–Crippen MR) is 68.4 cm³/mol. The van der Waals surface area contributed by atoms with E-state index in [0.29, 0.717) is 6.54 Å². The number of anilines is 2. The second-order valence-electron chi connectivity index (χ2n) is 3.61. The minimum Gasteiger partial charge on any atom is -0.497 e. The average Bonchev–Trinajstić information content (AvgIpc) is 2.40. The van der Waals surface area contributed by atoms with Crippen molar-refractivity contribution < 1.29 is 4.74 Å². The third kappa shape index (κ3) is 2.95. The van der Waals surface area contributed by atoms with Crippen LogP contribution in [0, 0.1) is 0 Å². The van der Waals surface area contributed by atoms with Crippen LogP contribution >= 0.6 is 0 Å². The first-order valence-electron chi connectivity index (χ1n) is 5.38. The molecule has 1 aromatic carbocycles. The lowest BCUT2D eigenvalue weighted by molar-refractivity contribution is 0.415. The number of benzene rings is 1. The molecule has 2 aromatic rings. The van der Waals surface area contributed by atoms with E-state index in [2.05, 4.69) is 10.3 Å². The molecule has 0 atom stereocenters. The molecule has 0 aliphatic heterocycles. The molecule has 2 rings (SSSR count). The van der Waals surface area contributed by atoms with Crippen LogP contribution in [0.3, 0.4) is 0 Å². The Morgan fingerprint density at radius 2 is 1.94 bits per heavy atom. The van der Waals surface area contributed by atoms with Gasteiger partial charge in [0.15, 0.2) is 0 Å². The van der Waals surface area contributed by atoms with E-state index in [0.717, 1.165) is 22.8 Å². The van der Waals surface area contributed by atoms with Gasteiger partial charge in [-0.15, -0.1) is 0 Å². The van der Waals surface area contributed by atoms with Crippen molar-refractivity contribution in [2.75, 3.05) is 12.4 Å². The van der Waals surface area contributed by atoms with Gasteiger partial charge >= 0.3 is 0 Å². The lowest BCUT2D eigenvalue weighted by Crippen LogP contribution is -1.98. The first-order chi connectivity index (χ1) is 8.31. The lowest BCUT2D eigenvalue weighted by Gasteiger charge is -2.06. The van der Waals surface area contributed by atoms with Gasteiger partial charge in [0.05, 0.1) is 7.11 Å². The smallest absolute Gasteiger partial charge is 0.130 e. The van der Waals surface area contributed by atoms with Crippen LogP contribution in [0.5, 0.6) is 5.75 Å². The van der Waals surface area contributed by atoms with Crippen molar-refractivity contribution >= 4 is 11.5 Å². The molecule has 17 heavy (non-hydrogen) atoms. The van der Waals surface area contributed by atoms with Crippen LogP contribution < -0.4 is 15.8 Å². The maximum atomic E-state index is 5.51. The van der Waals surface area contributed by atoms with Crippen LogP contribution in [0.25, 0.3) is 0 Å². The fourth-order valence-corrected chi connectivity index (χ4v) is 1.44. The van der Waals surface area contributed by atoms with E-state index < -0.39 is 0 Å². The van der Waals surface area contributed by atoms with Gasteiger partial charge in [-0.1, -0.05) is 6.07 Å². The van der Waals surface area contributed by atoms with Gasteiger partial charge in [0.1, 0.15) is 11.6 Å². The van der Waals surface area contributed by atoms with Gasteiger partial charge in [0.2, 0.25) is 0 Å². The zero-order valence-corrected chi connectivity index (χ0v) is 9.68. The highest BCUT2D eigenvalue weighted by atomic mass is 16.5. The van der Waals surface area contributed by atoms with Gasteiger partial charge in [-0.25, -0.2) is 4.98 Å². The Kier molecular flexibility index (Phi) is 3.57. The van der Waals surface area contributed by atoms with E-state index in [9.17, 15) is 0 Å². The Morgan fingerprint density at radius 3 is 2.47 bits per heavy atom. The molecule has 0 aliphatic rings. The highest BCUT2D eigenvalue weighted by Crippen LogP contribution is 2.18. The molecule has 0 radical (unpaired) electrons. The highest BCUT2D eigenvalue weighted by Gasteiger charge is 1.97. The van der Waals surface area contributed by atoms with Crippen molar-refractivity contribution in [3.63, 3.8) is 0 Å². The average molecular weight is 229 g/mol. The Bertz CT molecular complexity index is 420. The van der Waals surface area contributed by atoms with Crippen LogP contribution in [-0.4, -0.2) is 12.1 Å².